The third-order valence-electron chi connectivity index (χ3n) is 11.0. The van der Waals surface area contributed by atoms with Crippen molar-refractivity contribution in [3.63, 3.8) is 0 Å². The number of nitrogens with one attached hydrogen (secondary N) is 4. The molecule has 0 saturated heterocycles. The van der Waals surface area contributed by atoms with Crippen LogP contribution in [0.3, 0.4) is 0 Å². The second kappa shape index (κ2) is 35.0. The van der Waals surface area contributed by atoms with Gasteiger partial charge < -0.3 is 50.1 Å². The number of rotatable bonds is 28. The van der Waals surface area contributed by atoms with E-state index in [1.165, 1.54) is 38.5 Å². The summed E-state index contributed by atoms with van der Waals surface area (Å²) in [5.41, 5.74) is 5.41. The van der Waals surface area contributed by atoms with Gasteiger partial charge >= 0.3 is 24.0 Å². The van der Waals surface area contributed by atoms with Crippen LogP contribution in [0.5, 0.6) is 0 Å². The number of amides is 4. The molecule has 72 heavy (non-hydrogen) atoms. The molecule has 2 atom stereocenters. The van der Waals surface area contributed by atoms with Crippen molar-refractivity contribution < 1.29 is 68.6 Å². The number of carboxylic acid groups (broad SMARTS) is 4. The summed E-state index contributed by atoms with van der Waals surface area (Å²) in [6, 6.07) is 26.5. The molecule has 0 bridgehead atoms. The number of carbonyl (C=O) groups is 6. The second-order valence-electron chi connectivity index (χ2n) is 16.6. The number of hydrogen-bond acceptors (Lipinski definition) is 10. The molecule has 392 valence electrons. The van der Waals surface area contributed by atoms with E-state index in [1.807, 2.05) is 84.9 Å². The van der Waals surface area contributed by atoms with Gasteiger partial charge in [0.2, 0.25) is 0 Å². The third kappa shape index (κ3) is 24.1. The monoisotopic (exact) mass is 999 g/mol. The number of aromatic amines is 2. The molecule has 2 aromatic carbocycles. The molecule has 4 aromatic rings. The Morgan fingerprint density at radius 2 is 0.889 bits per heavy atom. The number of hydrogen-bond donors (Lipinski definition) is 4. The Kier molecular flexibility index (Phi) is 29.6. The molecule has 2 heterocycles. The average molecular weight is 999 g/mol. The number of benzene rings is 2. The van der Waals surface area contributed by atoms with Crippen LogP contribution in [0.15, 0.2) is 97.1 Å². The molecule has 0 unspecified atom stereocenters. The molecule has 0 aliphatic heterocycles. The van der Waals surface area contributed by atoms with Crippen molar-refractivity contribution >= 4 is 47.6 Å². The van der Waals surface area contributed by atoms with Crippen LogP contribution >= 0.6 is 0 Å². The lowest BCUT2D eigenvalue weighted by Crippen LogP contribution is -2.40. The van der Waals surface area contributed by atoms with E-state index < -0.39 is 36.1 Å². The third-order valence-corrected chi connectivity index (χ3v) is 11.0. The van der Waals surface area contributed by atoms with Crippen molar-refractivity contribution in [2.75, 3.05) is 50.2 Å². The smallest absolute Gasteiger partial charge is 0.408 e. The SMILES string of the molecule is CCCCCCCNC(=O)N(C)c1cccc(-c2ccc(C[C@H](OCC)C(=O)O)cc2)[nH+]1.CCCCCCCNC(=O)N(C)c1cccc(-c2ccc(C[C@H](OCC)C(=O)O)cc2)[nH+]1.O=C([O-])/C=C\C(=O)[O-]. The zero-order valence-corrected chi connectivity index (χ0v) is 42.6. The van der Waals surface area contributed by atoms with Crippen molar-refractivity contribution in [1.82, 2.24) is 10.6 Å². The van der Waals surface area contributed by atoms with Crippen LogP contribution in [-0.2, 0) is 41.5 Å². The minimum Gasteiger partial charge on any atom is -0.545 e. The molecule has 6 N–H and O–H groups in total. The first-order valence-corrected chi connectivity index (χ1v) is 24.6. The van der Waals surface area contributed by atoms with E-state index in [2.05, 4.69) is 34.4 Å². The summed E-state index contributed by atoms with van der Waals surface area (Å²) in [5, 5.41) is 43.3. The number of carboxylic acids is 4. The zero-order chi connectivity index (χ0) is 53.3. The van der Waals surface area contributed by atoms with E-state index in [1.54, 1.807) is 37.7 Å². The van der Waals surface area contributed by atoms with Gasteiger partial charge in [-0.3, -0.25) is 0 Å². The first-order chi connectivity index (χ1) is 34.5. The van der Waals surface area contributed by atoms with Crippen LogP contribution in [0, 0.1) is 0 Å². The molecule has 4 rings (SSSR count). The quantitative estimate of drug-likeness (QED) is 0.0396. The van der Waals surface area contributed by atoms with Crippen LogP contribution in [0.2, 0.25) is 0 Å². The molecular formula is C54H74N6O12. The van der Waals surface area contributed by atoms with Crippen molar-refractivity contribution in [3.05, 3.63) is 108 Å². The van der Waals surface area contributed by atoms with E-state index in [9.17, 15) is 49.2 Å². The molecule has 4 amide bonds. The molecule has 0 radical (unpaired) electrons. The van der Waals surface area contributed by atoms with Gasteiger partial charge in [0.05, 0.1) is 26.0 Å². The van der Waals surface area contributed by atoms with Crippen molar-refractivity contribution in [2.24, 2.45) is 0 Å². The van der Waals surface area contributed by atoms with E-state index in [-0.39, 0.29) is 12.1 Å². The van der Waals surface area contributed by atoms with E-state index in [0.717, 1.165) is 59.3 Å². The Labute approximate surface area is 423 Å². The van der Waals surface area contributed by atoms with Crippen LogP contribution in [-0.4, -0.2) is 98.8 Å². The summed E-state index contributed by atoms with van der Waals surface area (Å²) in [6.07, 6.45) is 11.3. The van der Waals surface area contributed by atoms with Gasteiger partial charge in [-0.25, -0.2) is 29.1 Å². The molecule has 0 fully saturated rings. The highest BCUT2D eigenvalue weighted by Gasteiger charge is 2.23. The van der Waals surface area contributed by atoms with Gasteiger partial charge in [-0.2, -0.15) is 9.80 Å². The molecule has 0 spiro atoms. The van der Waals surface area contributed by atoms with E-state index >= 15 is 0 Å². The van der Waals surface area contributed by atoms with Gasteiger partial charge in [0, 0.05) is 62.4 Å². The number of aromatic nitrogens is 2. The molecular weight excluding hydrogens is 925 g/mol. The zero-order valence-electron chi connectivity index (χ0n) is 42.6. The Morgan fingerprint density at radius 3 is 1.19 bits per heavy atom. The first-order valence-electron chi connectivity index (χ1n) is 24.6. The Balaban J connectivity index is 0.000000428. The second-order valence-corrected chi connectivity index (χ2v) is 16.6. The maximum absolute atomic E-state index is 12.5. The van der Waals surface area contributed by atoms with Crippen molar-refractivity contribution in [1.29, 1.82) is 0 Å². The lowest BCUT2D eigenvalue weighted by Gasteiger charge is -2.13. The topological polar surface area (TPSA) is 266 Å². The van der Waals surface area contributed by atoms with Crippen LogP contribution < -0.4 is 40.6 Å². The lowest BCUT2D eigenvalue weighted by atomic mass is 10.0. The van der Waals surface area contributed by atoms with Gasteiger partial charge in [-0.05, 0) is 74.2 Å². The van der Waals surface area contributed by atoms with Gasteiger partial charge in [-0.1, -0.05) is 114 Å². The average Bonchev–Trinajstić information content (AvgIpc) is 3.37. The number of nitrogens with zero attached hydrogens (tertiary/aromatic N) is 2. The molecule has 18 nitrogen and oxygen atoms in total. The highest BCUT2D eigenvalue weighted by atomic mass is 16.5. The van der Waals surface area contributed by atoms with Crippen LogP contribution in [0.25, 0.3) is 22.5 Å². The van der Waals surface area contributed by atoms with Crippen LogP contribution in [0.4, 0.5) is 21.2 Å². The van der Waals surface area contributed by atoms with Crippen LogP contribution in [0.1, 0.15) is 103 Å². The summed E-state index contributed by atoms with van der Waals surface area (Å²) < 4.78 is 10.6. The summed E-state index contributed by atoms with van der Waals surface area (Å²) in [5.74, 6) is -3.63. The van der Waals surface area contributed by atoms with Crippen molar-refractivity contribution in [3.8, 4) is 22.5 Å². The highest BCUT2D eigenvalue weighted by Crippen LogP contribution is 2.20. The number of anilines is 2. The summed E-state index contributed by atoms with van der Waals surface area (Å²) in [4.78, 5) is 76.1. The molecule has 18 heteroatoms. The van der Waals surface area contributed by atoms with Gasteiger partial charge in [-0.15, -0.1) is 0 Å². The Morgan fingerprint density at radius 1 is 0.542 bits per heavy atom. The molecule has 0 saturated carbocycles. The fourth-order valence-electron chi connectivity index (χ4n) is 6.99. The molecule has 0 aliphatic carbocycles. The highest BCUT2D eigenvalue weighted by molar-refractivity contribution is 5.90. The fourth-order valence-corrected chi connectivity index (χ4v) is 6.99. The number of urea groups is 2. The maximum atomic E-state index is 12.5. The molecule has 0 aliphatic rings. The number of pyridine rings is 2. The largest absolute Gasteiger partial charge is 0.545 e. The first kappa shape index (κ1) is 60.9. The number of H-pyrrole nitrogens is 2. The van der Waals surface area contributed by atoms with E-state index in [4.69, 9.17) is 9.47 Å². The van der Waals surface area contributed by atoms with Crippen molar-refractivity contribution in [2.45, 2.75) is 117 Å². The lowest BCUT2D eigenvalue weighted by molar-refractivity contribution is -0.350. The maximum Gasteiger partial charge on any atom is 0.408 e. The number of unbranched alkanes of at least 4 members (excludes halogenated alkanes) is 8. The fraction of sp³-hybridized carbons (Fsp3) is 0.444. The standard InChI is InChI=1S/2C25H35N3O4.C4H4O4/c2*1-4-6-7-8-9-17-26-25(31)28(3)23-12-10-11-21(27-23)20-15-13-19(14-16-20)18-22(24(29)30)32-5-2;5-3(6)1-2-4(7)8/h2*10-16,22H,4-9,17-18H2,1-3H3,(H,26,31)(H,29,30);1-2H,(H,5,6)(H,7,8)/b;;2-1-/t2*22-;/m00./s1. The predicted molar refractivity (Wildman–Crippen MR) is 271 cm³/mol. The number of carbonyl (C=O) groups excluding carboxylic acids is 4. The summed E-state index contributed by atoms with van der Waals surface area (Å²) in [7, 11) is 3.48. The van der Waals surface area contributed by atoms with Gasteiger partial charge in [0.1, 0.15) is 11.4 Å². The predicted octanol–water partition coefficient (Wildman–Crippen LogP) is 5.67. The summed E-state index contributed by atoms with van der Waals surface area (Å²) in [6.45, 7) is 10.0. The summed E-state index contributed by atoms with van der Waals surface area (Å²) >= 11 is 0. The van der Waals surface area contributed by atoms with Gasteiger partial charge in [0.25, 0.3) is 11.6 Å². The van der Waals surface area contributed by atoms with E-state index in [0.29, 0.717) is 62.9 Å². The minimum atomic E-state index is -1.55. The molecule has 2 aromatic heterocycles. The Hall–Kier alpha value is -7.18. The normalized spacial score (nSPS) is 11.5. The number of ether oxygens (including phenoxy) is 2. The number of aliphatic carboxylic acids is 4. The minimum absolute atomic E-state index is 0.139. The van der Waals surface area contributed by atoms with Gasteiger partial charge in [0.15, 0.2) is 12.2 Å². The Bertz CT molecular complexity index is 2130.